The number of hydrogen-bond donors (Lipinski definition) is 2. The van der Waals surface area contributed by atoms with Crippen LogP contribution in [0, 0.1) is 6.92 Å². The first-order valence-electron chi connectivity index (χ1n) is 10.6. The summed E-state index contributed by atoms with van der Waals surface area (Å²) in [6.07, 6.45) is 0. The van der Waals surface area contributed by atoms with E-state index in [-0.39, 0.29) is 11.5 Å². The minimum absolute atomic E-state index is 0.0445. The second-order valence-electron chi connectivity index (χ2n) is 8.03. The van der Waals surface area contributed by atoms with Crippen LogP contribution in [0.5, 0.6) is 0 Å². The molecule has 0 fully saturated rings. The van der Waals surface area contributed by atoms with Crippen LogP contribution in [0.3, 0.4) is 0 Å². The molecular weight excluding hydrogens is 398 g/mol. The number of nitrogens with zero attached hydrogens (tertiary/aromatic N) is 1. The van der Waals surface area contributed by atoms with Crippen molar-refractivity contribution in [3.63, 3.8) is 0 Å². The number of anilines is 1. The van der Waals surface area contributed by atoms with Gasteiger partial charge in [-0.25, -0.2) is 5.10 Å². The second kappa shape index (κ2) is 9.02. The number of nitrogens with one attached hydrogen (secondary N) is 2. The van der Waals surface area contributed by atoms with Gasteiger partial charge in [0.25, 0.3) is 11.5 Å². The third kappa shape index (κ3) is 4.10. The van der Waals surface area contributed by atoms with Crippen molar-refractivity contribution in [3.05, 3.63) is 106 Å². The molecule has 0 spiro atoms. The first-order chi connectivity index (χ1) is 15.5. The molecule has 2 N–H and O–H groups in total. The van der Waals surface area contributed by atoms with Crippen molar-refractivity contribution < 1.29 is 4.79 Å². The van der Waals surface area contributed by atoms with E-state index in [0.29, 0.717) is 11.3 Å². The average Bonchev–Trinajstić information content (AvgIpc) is 2.81. The summed E-state index contributed by atoms with van der Waals surface area (Å²) >= 11 is 0. The summed E-state index contributed by atoms with van der Waals surface area (Å²) in [6, 6.07) is 24.9. The van der Waals surface area contributed by atoms with Crippen molar-refractivity contribution in [1.29, 1.82) is 0 Å². The molecule has 0 saturated heterocycles. The Morgan fingerprint density at radius 3 is 2.12 bits per heavy atom. The third-order valence-corrected chi connectivity index (χ3v) is 5.49. The molecule has 0 aliphatic rings. The van der Waals surface area contributed by atoms with Crippen LogP contribution in [0.4, 0.5) is 5.69 Å². The molecule has 1 aromatic heterocycles. The largest absolute Gasteiger partial charge is 0.321 e. The monoisotopic (exact) mass is 423 g/mol. The van der Waals surface area contributed by atoms with E-state index in [1.807, 2.05) is 85.8 Å². The lowest BCUT2D eigenvalue weighted by Crippen LogP contribution is -2.26. The van der Waals surface area contributed by atoms with Crippen LogP contribution in [-0.4, -0.2) is 16.1 Å². The molecule has 0 bridgehead atoms. The smallest absolute Gasteiger partial charge is 0.277 e. The number of carbonyl (C=O) groups excluding carboxylic acids is 1. The standard InChI is InChI=1S/C27H25N3O2/c1-17(2)21-16-10-11-18(3)24(21)28-26(31)23-22(19-12-6-4-7-13-19)25(29-30-27(23)32)20-14-8-5-9-15-20/h4-17H,1-3H3,(H,28,31)(H,30,32). The molecule has 0 radical (unpaired) electrons. The number of aromatic amines is 1. The number of rotatable bonds is 5. The summed E-state index contributed by atoms with van der Waals surface area (Å²) < 4.78 is 0. The first-order valence-corrected chi connectivity index (χ1v) is 10.6. The highest BCUT2D eigenvalue weighted by Gasteiger charge is 2.24. The number of H-pyrrole nitrogens is 1. The number of benzene rings is 3. The van der Waals surface area contributed by atoms with Crippen LogP contribution in [0.1, 0.15) is 41.3 Å². The molecule has 5 heteroatoms. The topological polar surface area (TPSA) is 74.8 Å². The van der Waals surface area contributed by atoms with Gasteiger partial charge in [0.2, 0.25) is 0 Å². The molecule has 1 heterocycles. The predicted octanol–water partition coefficient (Wildman–Crippen LogP) is 5.79. The third-order valence-electron chi connectivity index (χ3n) is 5.49. The molecule has 5 nitrogen and oxygen atoms in total. The Hall–Kier alpha value is -3.99. The summed E-state index contributed by atoms with van der Waals surface area (Å²) in [5.74, 6) is -0.240. The zero-order valence-corrected chi connectivity index (χ0v) is 18.3. The molecule has 4 rings (SSSR count). The maximum atomic E-state index is 13.6. The Labute approximate surface area is 187 Å². The fourth-order valence-corrected chi connectivity index (χ4v) is 3.88. The number of para-hydroxylation sites is 1. The van der Waals surface area contributed by atoms with Crippen molar-refractivity contribution in [3.8, 4) is 22.4 Å². The lowest BCUT2D eigenvalue weighted by Gasteiger charge is -2.18. The summed E-state index contributed by atoms with van der Waals surface area (Å²) in [6.45, 7) is 6.10. The first kappa shape index (κ1) is 21.2. The zero-order valence-electron chi connectivity index (χ0n) is 18.3. The van der Waals surface area contributed by atoms with Gasteiger partial charge in [0.1, 0.15) is 5.56 Å². The summed E-state index contributed by atoms with van der Waals surface area (Å²) in [7, 11) is 0. The van der Waals surface area contributed by atoms with E-state index >= 15 is 0 Å². The van der Waals surface area contributed by atoms with Crippen molar-refractivity contribution in [2.75, 3.05) is 5.32 Å². The Morgan fingerprint density at radius 1 is 0.875 bits per heavy atom. The molecule has 160 valence electrons. The van der Waals surface area contributed by atoms with Gasteiger partial charge in [0.15, 0.2) is 0 Å². The highest BCUT2D eigenvalue weighted by Crippen LogP contribution is 2.33. The number of amides is 1. The van der Waals surface area contributed by atoms with Crippen molar-refractivity contribution in [1.82, 2.24) is 10.2 Å². The SMILES string of the molecule is Cc1cccc(C(C)C)c1NC(=O)c1c(-c2ccccc2)c(-c2ccccc2)n[nH]c1=O. The van der Waals surface area contributed by atoms with Gasteiger partial charge in [0.05, 0.1) is 5.69 Å². The number of hydrogen-bond acceptors (Lipinski definition) is 3. The molecular formula is C27H25N3O2. The van der Waals surface area contributed by atoms with Crippen LogP contribution in [0.25, 0.3) is 22.4 Å². The molecule has 1 amide bonds. The number of aromatic nitrogens is 2. The van der Waals surface area contributed by atoms with Crippen molar-refractivity contribution in [2.45, 2.75) is 26.7 Å². The quantitative estimate of drug-likeness (QED) is 0.427. The van der Waals surface area contributed by atoms with Crippen LogP contribution in [0.2, 0.25) is 0 Å². The molecule has 32 heavy (non-hydrogen) atoms. The van der Waals surface area contributed by atoms with Gasteiger partial charge < -0.3 is 5.32 Å². The van der Waals surface area contributed by atoms with Crippen LogP contribution >= 0.6 is 0 Å². The predicted molar refractivity (Wildman–Crippen MR) is 129 cm³/mol. The number of carbonyl (C=O) groups is 1. The highest BCUT2D eigenvalue weighted by molar-refractivity contribution is 6.10. The van der Waals surface area contributed by atoms with Gasteiger partial charge >= 0.3 is 0 Å². The average molecular weight is 424 g/mol. The van der Waals surface area contributed by atoms with Gasteiger partial charge in [-0.05, 0) is 29.5 Å². The van der Waals surface area contributed by atoms with Crippen molar-refractivity contribution >= 4 is 11.6 Å². The van der Waals surface area contributed by atoms with E-state index in [2.05, 4.69) is 29.4 Å². The fourth-order valence-electron chi connectivity index (χ4n) is 3.88. The number of aryl methyl sites for hydroxylation is 1. The minimum Gasteiger partial charge on any atom is -0.321 e. The maximum absolute atomic E-state index is 13.6. The van der Waals surface area contributed by atoms with Crippen LogP contribution in [-0.2, 0) is 0 Å². The second-order valence-corrected chi connectivity index (χ2v) is 8.03. The molecule has 0 atom stereocenters. The molecule has 4 aromatic rings. The van der Waals surface area contributed by atoms with E-state index in [9.17, 15) is 9.59 Å². The van der Waals surface area contributed by atoms with Crippen LogP contribution < -0.4 is 10.9 Å². The normalized spacial score (nSPS) is 10.9. The lowest BCUT2D eigenvalue weighted by molar-refractivity contribution is 0.102. The maximum Gasteiger partial charge on any atom is 0.277 e. The van der Waals surface area contributed by atoms with Gasteiger partial charge in [-0.1, -0.05) is 92.7 Å². The summed E-state index contributed by atoms with van der Waals surface area (Å²) in [4.78, 5) is 26.5. The summed E-state index contributed by atoms with van der Waals surface area (Å²) in [5, 5.41) is 9.87. The minimum atomic E-state index is -0.527. The zero-order chi connectivity index (χ0) is 22.7. The van der Waals surface area contributed by atoms with Gasteiger partial charge in [0, 0.05) is 16.8 Å². The molecule has 3 aromatic carbocycles. The van der Waals surface area contributed by atoms with E-state index in [1.54, 1.807) is 0 Å². The summed E-state index contributed by atoms with van der Waals surface area (Å²) in [5.41, 5.74) is 4.85. The fraction of sp³-hybridized carbons (Fsp3) is 0.148. The molecule has 0 unspecified atom stereocenters. The van der Waals surface area contributed by atoms with Gasteiger partial charge in [-0.15, -0.1) is 0 Å². The van der Waals surface area contributed by atoms with E-state index in [1.165, 1.54) is 0 Å². The lowest BCUT2D eigenvalue weighted by atomic mass is 9.94. The van der Waals surface area contributed by atoms with E-state index in [4.69, 9.17) is 0 Å². The van der Waals surface area contributed by atoms with Crippen molar-refractivity contribution in [2.24, 2.45) is 0 Å². The van der Waals surface area contributed by atoms with E-state index in [0.717, 1.165) is 27.9 Å². The Kier molecular flexibility index (Phi) is 5.99. The Bertz CT molecular complexity index is 1310. The van der Waals surface area contributed by atoms with E-state index < -0.39 is 11.5 Å². The van der Waals surface area contributed by atoms with Crippen LogP contribution in [0.15, 0.2) is 83.7 Å². The van der Waals surface area contributed by atoms with Gasteiger partial charge in [-0.2, -0.15) is 5.10 Å². The molecule has 0 aliphatic heterocycles. The molecule has 0 aliphatic carbocycles. The Morgan fingerprint density at radius 2 is 1.50 bits per heavy atom. The highest BCUT2D eigenvalue weighted by atomic mass is 16.2. The van der Waals surface area contributed by atoms with Gasteiger partial charge in [-0.3, -0.25) is 9.59 Å². The molecule has 0 saturated carbocycles. The Balaban J connectivity index is 1.92.